The summed E-state index contributed by atoms with van der Waals surface area (Å²) < 4.78 is 11.1. The van der Waals surface area contributed by atoms with Crippen molar-refractivity contribution in [2.75, 3.05) is 19.7 Å². The van der Waals surface area contributed by atoms with Gasteiger partial charge in [0, 0.05) is 19.1 Å². The van der Waals surface area contributed by atoms with Crippen LogP contribution in [0, 0.1) is 0 Å². The van der Waals surface area contributed by atoms with Crippen LogP contribution in [-0.2, 0) is 11.3 Å². The molecule has 5 heteroatoms. The highest BCUT2D eigenvalue weighted by Crippen LogP contribution is 2.31. The number of ether oxygens (including phenoxy) is 1. The lowest BCUT2D eigenvalue weighted by molar-refractivity contribution is 0.103. The van der Waals surface area contributed by atoms with Crippen molar-refractivity contribution in [3.8, 4) is 0 Å². The fourth-order valence-corrected chi connectivity index (χ4v) is 3.50. The molecule has 4 rings (SSSR count). The summed E-state index contributed by atoms with van der Waals surface area (Å²) >= 11 is 0. The molecule has 5 nitrogen and oxygen atoms in total. The molecule has 2 saturated heterocycles. The Morgan fingerprint density at radius 3 is 2.65 bits per heavy atom. The lowest BCUT2D eigenvalue weighted by Gasteiger charge is -2.30. The first-order valence-electron chi connectivity index (χ1n) is 8.60. The van der Waals surface area contributed by atoms with Crippen LogP contribution in [0.4, 0.5) is 0 Å². The first-order valence-corrected chi connectivity index (χ1v) is 8.60. The number of piperidine rings is 1. The lowest BCUT2D eigenvalue weighted by Crippen LogP contribution is -2.32. The average Bonchev–Trinajstić information content (AvgIpc) is 3.28. The van der Waals surface area contributed by atoms with Crippen LogP contribution in [0.5, 0.6) is 0 Å². The van der Waals surface area contributed by atoms with Crippen molar-refractivity contribution in [2.24, 2.45) is 0 Å². The number of likely N-dealkylation sites (tertiary alicyclic amines) is 1. The molecule has 0 bridgehead atoms. The van der Waals surface area contributed by atoms with Gasteiger partial charge in [-0.05, 0) is 44.3 Å². The maximum Gasteiger partial charge on any atom is 0.229 e. The zero-order chi connectivity index (χ0) is 15.5. The monoisotopic (exact) mass is 313 g/mol. The molecule has 0 amide bonds. The van der Waals surface area contributed by atoms with Crippen LogP contribution in [0.3, 0.4) is 0 Å². The second-order valence-electron chi connectivity index (χ2n) is 6.53. The van der Waals surface area contributed by atoms with E-state index >= 15 is 0 Å². The van der Waals surface area contributed by atoms with Crippen LogP contribution in [0.2, 0.25) is 0 Å². The van der Waals surface area contributed by atoms with Crippen LogP contribution in [0.25, 0.3) is 0 Å². The third-order valence-corrected chi connectivity index (χ3v) is 4.86. The number of aromatic nitrogens is 2. The van der Waals surface area contributed by atoms with Crippen molar-refractivity contribution in [2.45, 2.75) is 44.2 Å². The summed E-state index contributed by atoms with van der Waals surface area (Å²) in [4.78, 5) is 7.11. The molecule has 122 valence electrons. The fourth-order valence-electron chi connectivity index (χ4n) is 3.50. The first-order chi connectivity index (χ1) is 11.4. The third-order valence-electron chi connectivity index (χ3n) is 4.86. The van der Waals surface area contributed by atoms with Crippen LogP contribution >= 0.6 is 0 Å². The van der Waals surface area contributed by atoms with E-state index < -0.39 is 0 Å². The molecule has 1 atom stereocenters. The Morgan fingerprint density at radius 1 is 1.09 bits per heavy atom. The maximum absolute atomic E-state index is 5.63. The molecule has 1 aromatic heterocycles. The fraction of sp³-hybridized carbons (Fsp3) is 0.556. The highest BCUT2D eigenvalue weighted by atomic mass is 16.5. The topological polar surface area (TPSA) is 51.4 Å². The number of rotatable bonds is 4. The van der Waals surface area contributed by atoms with Gasteiger partial charge < -0.3 is 9.26 Å². The molecule has 0 N–H and O–H groups in total. The van der Waals surface area contributed by atoms with E-state index in [1.54, 1.807) is 0 Å². The lowest BCUT2D eigenvalue weighted by atomic mass is 9.96. The molecular weight excluding hydrogens is 290 g/mol. The van der Waals surface area contributed by atoms with E-state index in [1.807, 2.05) is 0 Å². The molecule has 0 radical (unpaired) electrons. The van der Waals surface area contributed by atoms with E-state index in [9.17, 15) is 0 Å². The quantitative estimate of drug-likeness (QED) is 0.867. The van der Waals surface area contributed by atoms with Crippen molar-refractivity contribution < 1.29 is 9.26 Å². The smallest absolute Gasteiger partial charge is 0.229 e. The Kier molecular flexibility index (Phi) is 4.39. The summed E-state index contributed by atoms with van der Waals surface area (Å²) in [6.07, 6.45) is 4.31. The molecule has 1 aromatic carbocycles. The SMILES string of the molecule is c1ccc(CN2CCC(c3nc(C4CCCO4)no3)CC2)cc1. The Balaban J connectivity index is 1.32. The minimum atomic E-state index is 0.0469. The molecule has 23 heavy (non-hydrogen) atoms. The van der Waals surface area contributed by atoms with E-state index in [-0.39, 0.29) is 6.10 Å². The summed E-state index contributed by atoms with van der Waals surface area (Å²) in [5, 5.41) is 4.14. The molecule has 2 aromatic rings. The molecular formula is C18H23N3O2. The zero-order valence-corrected chi connectivity index (χ0v) is 13.4. The number of nitrogens with zero attached hydrogens (tertiary/aromatic N) is 3. The predicted octanol–water partition coefficient (Wildman–Crippen LogP) is 3.30. The van der Waals surface area contributed by atoms with Gasteiger partial charge in [-0.3, -0.25) is 4.90 Å². The van der Waals surface area contributed by atoms with Crippen LogP contribution in [0.1, 0.15) is 55.0 Å². The number of hydrogen-bond donors (Lipinski definition) is 0. The Bertz CT molecular complexity index is 614. The predicted molar refractivity (Wildman–Crippen MR) is 85.9 cm³/mol. The molecule has 2 aliphatic heterocycles. The Morgan fingerprint density at radius 2 is 1.91 bits per heavy atom. The van der Waals surface area contributed by atoms with Gasteiger partial charge in [0.2, 0.25) is 11.7 Å². The Hall–Kier alpha value is -1.72. The van der Waals surface area contributed by atoms with Gasteiger partial charge in [0.15, 0.2) is 0 Å². The van der Waals surface area contributed by atoms with E-state index in [2.05, 4.69) is 45.4 Å². The molecule has 0 spiro atoms. The summed E-state index contributed by atoms with van der Waals surface area (Å²) in [5.74, 6) is 1.93. The molecule has 3 heterocycles. The van der Waals surface area contributed by atoms with Crippen molar-refractivity contribution >= 4 is 0 Å². The minimum Gasteiger partial charge on any atom is -0.370 e. The normalized spacial score (nSPS) is 23.4. The minimum absolute atomic E-state index is 0.0469. The third kappa shape index (κ3) is 3.46. The highest BCUT2D eigenvalue weighted by molar-refractivity contribution is 5.14. The van der Waals surface area contributed by atoms with Gasteiger partial charge in [0.1, 0.15) is 6.10 Å². The van der Waals surface area contributed by atoms with Gasteiger partial charge >= 0.3 is 0 Å². The van der Waals surface area contributed by atoms with Gasteiger partial charge in [-0.1, -0.05) is 35.5 Å². The van der Waals surface area contributed by atoms with Gasteiger partial charge in [0.25, 0.3) is 0 Å². The summed E-state index contributed by atoms with van der Waals surface area (Å²) in [5.41, 5.74) is 1.38. The second kappa shape index (κ2) is 6.81. The largest absolute Gasteiger partial charge is 0.370 e. The highest BCUT2D eigenvalue weighted by Gasteiger charge is 2.28. The second-order valence-corrected chi connectivity index (χ2v) is 6.53. The molecule has 0 saturated carbocycles. The van der Waals surface area contributed by atoms with Crippen molar-refractivity contribution in [3.05, 3.63) is 47.6 Å². The van der Waals surface area contributed by atoms with E-state index in [0.717, 1.165) is 63.6 Å². The zero-order valence-electron chi connectivity index (χ0n) is 13.4. The van der Waals surface area contributed by atoms with Crippen molar-refractivity contribution in [3.63, 3.8) is 0 Å². The molecule has 1 unspecified atom stereocenters. The van der Waals surface area contributed by atoms with Crippen LogP contribution in [0.15, 0.2) is 34.9 Å². The van der Waals surface area contributed by atoms with Gasteiger partial charge in [-0.2, -0.15) is 4.98 Å². The van der Waals surface area contributed by atoms with E-state index in [1.165, 1.54) is 5.56 Å². The molecule has 2 aliphatic rings. The maximum atomic E-state index is 5.63. The van der Waals surface area contributed by atoms with E-state index in [0.29, 0.717) is 5.92 Å². The van der Waals surface area contributed by atoms with Gasteiger partial charge in [0.05, 0.1) is 0 Å². The first kappa shape index (κ1) is 14.8. The van der Waals surface area contributed by atoms with E-state index in [4.69, 9.17) is 9.26 Å². The Labute approximate surface area is 136 Å². The molecule has 2 fully saturated rings. The summed E-state index contributed by atoms with van der Waals surface area (Å²) in [6.45, 7) is 4.00. The van der Waals surface area contributed by atoms with Gasteiger partial charge in [-0.25, -0.2) is 0 Å². The van der Waals surface area contributed by atoms with Crippen molar-refractivity contribution in [1.29, 1.82) is 0 Å². The van der Waals surface area contributed by atoms with Gasteiger partial charge in [-0.15, -0.1) is 0 Å². The van der Waals surface area contributed by atoms with Crippen molar-refractivity contribution in [1.82, 2.24) is 15.0 Å². The number of hydrogen-bond acceptors (Lipinski definition) is 5. The average molecular weight is 313 g/mol. The van der Waals surface area contributed by atoms with Crippen LogP contribution in [-0.4, -0.2) is 34.7 Å². The summed E-state index contributed by atoms with van der Waals surface area (Å²) in [7, 11) is 0. The standard InChI is InChI=1S/C18H23N3O2/c1-2-5-14(6-3-1)13-21-10-8-15(9-11-21)18-19-17(20-23-18)16-7-4-12-22-16/h1-3,5-6,15-16H,4,7-13H2. The number of benzene rings is 1. The molecule has 0 aliphatic carbocycles. The van der Waals surface area contributed by atoms with Crippen LogP contribution < -0.4 is 0 Å². The summed E-state index contributed by atoms with van der Waals surface area (Å²) in [6, 6.07) is 10.7.